The van der Waals surface area contributed by atoms with Gasteiger partial charge in [-0.25, -0.2) is 4.98 Å². The predicted molar refractivity (Wildman–Crippen MR) is 69.9 cm³/mol. The Morgan fingerprint density at radius 1 is 1.35 bits per heavy atom. The quantitative estimate of drug-likeness (QED) is 0.709. The van der Waals surface area contributed by atoms with Gasteiger partial charge in [0.1, 0.15) is 5.82 Å². The van der Waals surface area contributed by atoms with Gasteiger partial charge in [-0.3, -0.25) is 0 Å². The molecule has 0 aliphatic heterocycles. The molecule has 0 saturated heterocycles. The van der Waals surface area contributed by atoms with Crippen LogP contribution in [0.5, 0.6) is 0 Å². The topological polar surface area (TPSA) is 73.1 Å². The van der Waals surface area contributed by atoms with Crippen LogP contribution in [0.1, 0.15) is 26.0 Å². The van der Waals surface area contributed by atoms with E-state index in [9.17, 15) is 0 Å². The number of aryl methyl sites for hydroxylation is 1. The van der Waals surface area contributed by atoms with Gasteiger partial charge in [0.05, 0.1) is 6.61 Å². The highest BCUT2D eigenvalue weighted by molar-refractivity contribution is 5.39. The first kappa shape index (κ1) is 13.7. The van der Waals surface area contributed by atoms with Crippen molar-refractivity contribution in [3.63, 3.8) is 0 Å². The van der Waals surface area contributed by atoms with Crippen molar-refractivity contribution in [1.29, 1.82) is 0 Å². The third-order valence-corrected chi connectivity index (χ3v) is 2.26. The van der Waals surface area contributed by atoms with E-state index in [1.807, 2.05) is 13.0 Å². The predicted octanol–water partition coefficient (Wildman–Crippen LogP) is 1.84. The zero-order valence-electron chi connectivity index (χ0n) is 10.9. The molecule has 1 rings (SSSR count). The zero-order valence-corrected chi connectivity index (χ0v) is 10.9. The van der Waals surface area contributed by atoms with Gasteiger partial charge in [0.15, 0.2) is 0 Å². The maximum absolute atomic E-state index is 5.55. The van der Waals surface area contributed by atoms with Crippen LogP contribution < -0.4 is 11.1 Å². The van der Waals surface area contributed by atoms with E-state index in [1.165, 1.54) is 0 Å². The molecule has 1 heterocycles. The van der Waals surface area contributed by atoms with Crippen molar-refractivity contribution in [2.75, 3.05) is 30.8 Å². The zero-order chi connectivity index (χ0) is 12.7. The molecule has 0 fully saturated rings. The molecule has 0 aliphatic rings. The lowest BCUT2D eigenvalue weighted by molar-refractivity contribution is 0.132. The molecular formula is C12H22N4O. The van der Waals surface area contributed by atoms with Gasteiger partial charge >= 0.3 is 0 Å². The molecule has 96 valence electrons. The van der Waals surface area contributed by atoms with Crippen LogP contribution in [0.2, 0.25) is 0 Å². The highest BCUT2D eigenvalue weighted by Gasteiger charge is 1.98. The lowest BCUT2D eigenvalue weighted by atomic mass is 10.1. The lowest BCUT2D eigenvalue weighted by Gasteiger charge is -2.08. The Balaban J connectivity index is 2.18. The highest BCUT2D eigenvalue weighted by atomic mass is 16.5. The van der Waals surface area contributed by atoms with Crippen LogP contribution in [0.15, 0.2) is 6.07 Å². The average Bonchev–Trinajstić information content (AvgIpc) is 2.21. The minimum absolute atomic E-state index is 0.299. The molecule has 0 amide bonds. The number of nitrogens with two attached hydrogens (primary N) is 1. The first-order valence-electron chi connectivity index (χ1n) is 6.00. The van der Waals surface area contributed by atoms with Crippen molar-refractivity contribution >= 4 is 11.8 Å². The summed E-state index contributed by atoms with van der Waals surface area (Å²) >= 11 is 0. The molecule has 0 unspecified atom stereocenters. The van der Waals surface area contributed by atoms with Gasteiger partial charge < -0.3 is 15.8 Å². The van der Waals surface area contributed by atoms with Gasteiger partial charge in [-0.05, 0) is 19.3 Å². The second kappa shape index (κ2) is 7.06. The molecule has 3 N–H and O–H groups in total. The molecule has 1 aromatic heterocycles. The summed E-state index contributed by atoms with van der Waals surface area (Å²) in [6, 6.07) is 1.87. The fourth-order valence-corrected chi connectivity index (χ4v) is 1.35. The number of nitrogens with zero attached hydrogens (tertiary/aromatic N) is 2. The van der Waals surface area contributed by atoms with Crippen LogP contribution >= 0.6 is 0 Å². The van der Waals surface area contributed by atoms with Crippen LogP contribution in [0.4, 0.5) is 11.8 Å². The number of hydrogen-bond acceptors (Lipinski definition) is 5. The van der Waals surface area contributed by atoms with Crippen LogP contribution in [0.25, 0.3) is 0 Å². The van der Waals surface area contributed by atoms with Crippen molar-refractivity contribution in [2.45, 2.75) is 27.2 Å². The molecule has 0 atom stereocenters. The van der Waals surface area contributed by atoms with Crippen molar-refractivity contribution in [3.8, 4) is 0 Å². The average molecular weight is 238 g/mol. The van der Waals surface area contributed by atoms with Gasteiger partial charge in [-0.2, -0.15) is 4.98 Å². The summed E-state index contributed by atoms with van der Waals surface area (Å²) in [5.41, 5.74) is 6.41. The van der Waals surface area contributed by atoms with Gasteiger partial charge in [-0.15, -0.1) is 0 Å². The van der Waals surface area contributed by atoms with E-state index in [4.69, 9.17) is 10.5 Å². The SMILES string of the molecule is Cc1cc(NCCOCCC(C)C)nc(N)n1. The molecule has 5 heteroatoms. The van der Waals surface area contributed by atoms with Crippen molar-refractivity contribution in [1.82, 2.24) is 9.97 Å². The van der Waals surface area contributed by atoms with E-state index in [0.29, 0.717) is 18.5 Å². The Labute approximate surface area is 103 Å². The Morgan fingerprint density at radius 3 is 2.76 bits per heavy atom. The van der Waals surface area contributed by atoms with Crippen molar-refractivity contribution in [3.05, 3.63) is 11.8 Å². The van der Waals surface area contributed by atoms with Crippen LogP contribution in [-0.4, -0.2) is 29.7 Å². The van der Waals surface area contributed by atoms with Gasteiger partial charge in [0.2, 0.25) is 5.95 Å². The molecule has 0 radical (unpaired) electrons. The summed E-state index contributed by atoms with van der Waals surface area (Å²) in [4.78, 5) is 8.09. The van der Waals surface area contributed by atoms with Crippen LogP contribution in [0, 0.1) is 12.8 Å². The van der Waals surface area contributed by atoms with E-state index in [2.05, 4.69) is 29.1 Å². The molecule has 0 aliphatic carbocycles. The van der Waals surface area contributed by atoms with Gasteiger partial charge in [0.25, 0.3) is 0 Å². The molecule has 0 saturated carbocycles. The van der Waals surface area contributed by atoms with E-state index < -0.39 is 0 Å². The largest absolute Gasteiger partial charge is 0.380 e. The number of nitrogens with one attached hydrogen (secondary N) is 1. The fourth-order valence-electron chi connectivity index (χ4n) is 1.35. The Kier molecular flexibility index (Phi) is 5.69. The Bertz CT molecular complexity index is 321. The summed E-state index contributed by atoms with van der Waals surface area (Å²) in [5, 5.41) is 3.16. The normalized spacial score (nSPS) is 10.8. The number of aromatic nitrogens is 2. The number of anilines is 2. The lowest BCUT2D eigenvalue weighted by Crippen LogP contribution is -2.12. The summed E-state index contributed by atoms with van der Waals surface area (Å²) < 4.78 is 5.49. The second-order valence-corrected chi connectivity index (χ2v) is 4.47. The molecule has 0 aromatic carbocycles. The number of rotatable bonds is 7. The maximum Gasteiger partial charge on any atom is 0.222 e. The summed E-state index contributed by atoms with van der Waals surface area (Å²) in [5.74, 6) is 1.74. The van der Waals surface area contributed by atoms with Gasteiger partial charge in [-0.1, -0.05) is 13.8 Å². The van der Waals surface area contributed by atoms with E-state index >= 15 is 0 Å². The smallest absolute Gasteiger partial charge is 0.222 e. The first-order chi connectivity index (χ1) is 8.08. The molecule has 5 nitrogen and oxygen atoms in total. The van der Waals surface area contributed by atoms with E-state index in [0.717, 1.165) is 31.1 Å². The third kappa shape index (κ3) is 6.06. The summed E-state index contributed by atoms with van der Waals surface area (Å²) in [6.07, 6.45) is 1.10. The minimum Gasteiger partial charge on any atom is -0.380 e. The maximum atomic E-state index is 5.55. The Hall–Kier alpha value is -1.36. The fraction of sp³-hybridized carbons (Fsp3) is 0.667. The second-order valence-electron chi connectivity index (χ2n) is 4.47. The standard InChI is InChI=1S/C12H22N4O/c1-9(2)4-6-17-7-5-14-11-8-10(3)15-12(13)16-11/h8-9H,4-7H2,1-3H3,(H3,13,14,15,16). The number of nitrogen functional groups attached to an aromatic ring is 1. The monoisotopic (exact) mass is 238 g/mol. The molecule has 17 heavy (non-hydrogen) atoms. The molecule has 0 spiro atoms. The van der Waals surface area contributed by atoms with E-state index in [-0.39, 0.29) is 0 Å². The Morgan fingerprint density at radius 2 is 2.12 bits per heavy atom. The summed E-state index contributed by atoms with van der Waals surface area (Å²) in [7, 11) is 0. The highest BCUT2D eigenvalue weighted by Crippen LogP contribution is 2.06. The number of ether oxygens (including phenoxy) is 1. The molecule has 0 bridgehead atoms. The van der Waals surface area contributed by atoms with Crippen LogP contribution in [0.3, 0.4) is 0 Å². The first-order valence-corrected chi connectivity index (χ1v) is 6.00. The van der Waals surface area contributed by atoms with Crippen molar-refractivity contribution in [2.24, 2.45) is 5.92 Å². The van der Waals surface area contributed by atoms with Crippen LogP contribution in [-0.2, 0) is 4.74 Å². The molecular weight excluding hydrogens is 216 g/mol. The third-order valence-electron chi connectivity index (χ3n) is 2.26. The number of hydrogen-bond donors (Lipinski definition) is 2. The summed E-state index contributed by atoms with van der Waals surface area (Å²) in [6.45, 7) is 8.48. The van der Waals surface area contributed by atoms with Crippen molar-refractivity contribution < 1.29 is 4.74 Å². The molecule has 1 aromatic rings. The minimum atomic E-state index is 0.299. The van der Waals surface area contributed by atoms with Gasteiger partial charge in [0, 0.05) is 24.9 Å². The van der Waals surface area contributed by atoms with E-state index in [1.54, 1.807) is 0 Å².